The summed E-state index contributed by atoms with van der Waals surface area (Å²) in [6, 6.07) is 5.75. The fraction of sp³-hybridized carbons (Fsp3) is 0.500. The molecule has 4 heteroatoms. The van der Waals surface area contributed by atoms with Gasteiger partial charge >= 0.3 is 5.97 Å². The van der Waals surface area contributed by atoms with Crippen molar-refractivity contribution in [3.05, 3.63) is 29.3 Å². The van der Waals surface area contributed by atoms with Gasteiger partial charge in [-0.3, -0.25) is 4.79 Å². The molecule has 2 rings (SSSR count). The number of aliphatic carboxylic acids is 1. The molecule has 0 aliphatic carbocycles. The molecule has 0 aromatic heterocycles. The molecule has 1 aromatic carbocycles. The van der Waals surface area contributed by atoms with Crippen LogP contribution in [0.1, 0.15) is 30.9 Å². The third-order valence-corrected chi connectivity index (χ3v) is 3.51. The van der Waals surface area contributed by atoms with E-state index in [-0.39, 0.29) is 13.2 Å². The zero-order chi connectivity index (χ0) is 13.3. The van der Waals surface area contributed by atoms with Crippen molar-refractivity contribution >= 4 is 5.97 Å². The number of hydrogen-bond acceptors (Lipinski definition) is 3. The first kappa shape index (κ1) is 12.9. The predicted octanol–water partition coefficient (Wildman–Crippen LogP) is 2.17. The van der Waals surface area contributed by atoms with Gasteiger partial charge in [-0.1, -0.05) is 26.0 Å². The minimum absolute atomic E-state index is 0.209. The maximum Gasteiger partial charge on any atom is 0.319 e. The van der Waals surface area contributed by atoms with Crippen molar-refractivity contribution < 1.29 is 19.4 Å². The van der Waals surface area contributed by atoms with Crippen molar-refractivity contribution in [1.82, 2.24) is 0 Å². The van der Waals surface area contributed by atoms with E-state index in [9.17, 15) is 9.90 Å². The Hall–Kier alpha value is -1.55. The number of methoxy groups -OCH3 is 1. The van der Waals surface area contributed by atoms with E-state index < -0.39 is 11.4 Å². The summed E-state index contributed by atoms with van der Waals surface area (Å²) in [6.07, 6.45) is 0. The predicted molar refractivity (Wildman–Crippen MR) is 67.2 cm³/mol. The second-order valence-corrected chi connectivity index (χ2v) is 4.99. The largest absolute Gasteiger partial charge is 0.496 e. The van der Waals surface area contributed by atoms with Crippen LogP contribution in [0.15, 0.2) is 18.2 Å². The lowest BCUT2D eigenvalue weighted by molar-refractivity contribution is -0.163. The summed E-state index contributed by atoms with van der Waals surface area (Å²) in [4.78, 5) is 11.5. The van der Waals surface area contributed by atoms with Crippen LogP contribution in [-0.2, 0) is 14.9 Å². The molecule has 0 amide bonds. The topological polar surface area (TPSA) is 55.8 Å². The van der Waals surface area contributed by atoms with Crippen LogP contribution in [-0.4, -0.2) is 31.4 Å². The maximum absolute atomic E-state index is 11.5. The number of carboxylic acid groups (broad SMARTS) is 1. The first-order chi connectivity index (χ1) is 8.51. The SMILES string of the molecule is COc1ccc(C(C)C)cc1C1(C(=O)O)COC1. The fourth-order valence-corrected chi connectivity index (χ4v) is 2.16. The van der Waals surface area contributed by atoms with Crippen molar-refractivity contribution in [1.29, 1.82) is 0 Å². The van der Waals surface area contributed by atoms with Gasteiger partial charge in [-0.2, -0.15) is 0 Å². The molecule has 1 aliphatic heterocycles. The monoisotopic (exact) mass is 250 g/mol. The molecule has 1 heterocycles. The van der Waals surface area contributed by atoms with E-state index >= 15 is 0 Å². The smallest absolute Gasteiger partial charge is 0.319 e. The highest BCUT2D eigenvalue weighted by Gasteiger charge is 2.49. The van der Waals surface area contributed by atoms with Crippen LogP contribution in [0.2, 0.25) is 0 Å². The van der Waals surface area contributed by atoms with Crippen molar-refractivity contribution in [2.24, 2.45) is 0 Å². The summed E-state index contributed by atoms with van der Waals surface area (Å²) >= 11 is 0. The Bertz CT molecular complexity index is 461. The minimum Gasteiger partial charge on any atom is -0.496 e. The molecule has 18 heavy (non-hydrogen) atoms. The highest BCUT2D eigenvalue weighted by molar-refractivity contribution is 5.84. The van der Waals surface area contributed by atoms with Gasteiger partial charge in [0.2, 0.25) is 0 Å². The normalized spacial score (nSPS) is 17.3. The van der Waals surface area contributed by atoms with Gasteiger partial charge < -0.3 is 14.6 Å². The van der Waals surface area contributed by atoms with E-state index in [4.69, 9.17) is 9.47 Å². The average Bonchev–Trinajstić information content (AvgIpc) is 2.26. The first-order valence-electron chi connectivity index (χ1n) is 6.01. The van der Waals surface area contributed by atoms with Crippen LogP contribution >= 0.6 is 0 Å². The summed E-state index contributed by atoms with van der Waals surface area (Å²) in [7, 11) is 1.56. The molecule has 0 spiro atoms. The van der Waals surface area contributed by atoms with Crippen LogP contribution in [0.25, 0.3) is 0 Å². The van der Waals surface area contributed by atoms with Crippen molar-refractivity contribution in [2.45, 2.75) is 25.2 Å². The number of carboxylic acids is 1. The molecule has 0 radical (unpaired) electrons. The van der Waals surface area contributed by atoms with E-state index in [1.807, 2.05) is 18.2 Å². The van der Waals surface area contributed by atoms with E-state index in [0.29, 0.717) is 11.7 Å². The molecular formula is C14H18O4. The van der Waals surface area contributed by atoms with E-state index in [1.165, 1.54) is 0 Å². The summed E-state index contributed by atoms with van der Waals surface area (Å²) in [5.74, 6) is 0.111. The molecule has 4 nitrogen and oxygen atoms in total. The van der Waals surface area contributed by atoms with Crippen molar-refractivity contribution in [3.8, 4) is 5.75 Å². The third-order valence-electron chi connectivity index (χ3n) is 3.51. The summed E-state index contributed by atoms with van der Waals surface area (Å²) in [5.41, 5.74) is 0.879. The number of carbonyl (C=O) groups is 1. The van der Waals surface area contributed by atoms with Crippen LogP contribution in [0.4, 0.5) is 0 Å². The van der Waals surface area contributed by atoms with Crippen LogP contribution in [0, 0.1) is 0 Å². The van der Waals surface area contributed by atoms with Crippen LogP contribution in [0.3, 0.4) is 0 Å². The lowest BCUT2D eigenvalue weighted by Gasteiger charge is -2.38. The molecule has 1 fully saturated rings. The highest BCUT2D eigenvalue weighted by atomic mass is 16.5. The zero-order valence-corrected chi connectivity index (χ0v) is 10.9. The Morgan fingerprint density at radius 1 is 1.44 bits per heavy atom. The summed E-state index contributed by atoms with van der Waals surface area (Å²) < 4.78 is 10.4. The average molecular weight is 250 g/mol. The number of ether oxygens (including phenoxy) is 2. The molecule has 0 saturated carbocycles. The van der Waals surface area contributed by atoms with E-state index in [2.05, 4.69) is 13.8 Å². The maximum atomic E-state index is 11.5. The van der Waals surface area contributed by atoms with Gasteiger partial charge in [-0.05, 0) is 17.5 Å². The van der Waals surface area contributed by atoms with E-state index in [0.717, 1.165) is 11.1 Å². The summed E-state index contributed by atoms with van der Waals surface area (Å²) in [6.45, 7) is 4.58. The molecule has 1 N–H and O–H groups in total. The third kappa shape index (κ3) is 1.86. The molecule has 0 unspecified atom stereocenters. The quantitative estimate of drug-likeness (QED) is 0.889. The van der Waals surface area contributed by atoms with Gasteiger partial charge in [0.1, 0.15) is 11.2 Å². The summed E-state index contributed by atoms with van der Waals surface area (Å²) in [5, 5.41) is 9.45. The van der Waals surface area contributed by atoms with Gasteiger partial charge in [0.25, 0.3) is 0 Å². The molecule has 1 aromatic rings. The Balaban J connectivity index is 2.53. The second kappa shape index (κ2) is 4.61. The molecule has 1 aliphatic rings. The minimum atomic E-state index is -0.948. The fourth-order valence-electron chi connectivity index (χ4n) is 2.16. The van der Waals surface area contributed by atoms with Crippen LogP contribution in [0.5, 0.6) is 5.75 Å². The Morgan fingerprint density at radius 3 is 2.50 bits per heavy atom. The second-order valence-electron chi connectivity index (χ2n) is 4.99. The van der Waals surface area contributed by atoms with Gasteiger partial charge in [-0.25, -0.2) is 0 Å². The van der Waals surface area contributed by atoms with Crippen molar-refractivity contribution in [2.75, 3.05) is 20.3 Å². The molecule has 1 saturated heterocycles. The molecule has 0 bridgehead atoms. The van der Waals surface area contributed by atoms with Gasteiger partial charge in [0, 0.05) is 5.56 Å². The molecule has 0 atom stereocenters. The Morgan fingerprint density at radius 2 is 2.11 bits per heavy atom. The Labute approximate surface area is 107 Å². The molecular weight excluding hydrogens is 232 g/mol. The van der Waals surface area contributed by atoms with Crippen LogP contribution < -0.4 is 4.74 Å². The highest BCUT2D eigenvalue weighted by Crippen LogP contribution is 2.39. The van der Waals surface area contributed by atoms with E-state index in [1.54, 1.807) is 7.11 Å². The molecule has 98 valence electrons. The number of rotatable bonds is 4. The first-order valence-corrected chi connectivity index (χ1v) is 6.01. The number of hydrogen-bond donors (Lipinski definition) is 1. The van der Waals surface area contributed by atoms with Crippen molar-refractivity contribution in [3.63, 3.8) is 0 Å². The lowest BCUT2D eigenvalue weighted by Crippen LogP contribution is -2.53. The van der Waals surface area contributed by atoms with Gasteiger partial charge in [-0.15, -0.1) is 0 Å². The Kier molecular flexibility index (Phi) is 3.30. The van der Waals surface area contributed by atoms with Gasteiger partial charge in [0.05, 0.1) is 20.3 Å². The zero-order valence-electron chi connectivity index (χ0n) is 10.9. The lowest BCUT2D eigenvalue weighted by atomic mass is 9.77. The number of benzene rings is 1. The van der Waals surface area contributed by atoms with Gasteiger partial charge in [0.15, 0.2) is 0 Å². The standard InChI is InChI=1S/C14H18O4/c1-9(2)10-4-5-12(17-3)11(6-10)14(13(15)16)7-18-8-14/h4-6,9H,7-8H2,1-3H3,(H,15,16).